The van der Waals surface area contributed by atoms with E-state index in [4.69, 9.17) is 0 Å². The number of aryl methyl sites for hydroxylation is 2. The average molecular weight is 328 g/mol. The largest absolute Gasteiger partial charge is 0.478 e. The van der Waals surface area contributed by atoms with E-state index in [1.165, 1.54) is 22.2 Å². The van der Waals surface area contributed by atoms with Gasteiger partial charge in [0.25, 0.3) is 0 Å². The third-order valence-corrected chi connectivity index (χ3v) is 5.85. The number of carbonyl (C=O) groups is 1. The number of carboxylic acid groups (broad SMARTS) is 1. The van der Waals surface area contributed by atoms with Crippen LogP contribution in [0.25, 0.3) is 10.6 Å². The van der Waals surface area contributed by atoms with Gasteiger partial charge in [-0.3, -0.25) is 4.68 Å². The topological polar surface area (TPSA) is 89.3 Å². The lowest BCUT2D eigenvalue weighted by Crippen LogP contribution is -2.15. The van der Waals surface area contributed by atoms with E-state index in [1.807, 2.05) is 18.4 Å². The predicted molar refractivity (Wildman–Crippen MR) is 81.6 cm³/mol. The number of hydrogen-bond acceptors (Lipinski definition) is 5. The minimum Gasteiger partial charge on any atom is -0.478 e. The van der Waals surface area contributed by atoms with Crippen molar-refractivity contribution in [3.63, 3.8) is 0 Å². The monoisotopic (exact) mass is 328 g/mol. The summed E-state index contributed by atoms with van der Waals surface area (Å²) in [4.78, 5) is 12.1. The predicted octanol–water partition coefficient (Wildman–Crippen LogP) is 2.05. The normalized spacial score (nSPS) is 11.7. The molecule has 0 aliphatic carbocycles. The Labute approximate surface area is 127 Å². The summed E-state index contributed by atoms with van der Waals surface area (Å²) in [5.41, 5.74) is 1.44. The molecule has 0 bridgehead atoms. The average Bonchev–Trinajstić information content (AvgIpc) is 3.02. The molecule has 0 amide bonds. The number of nitrogens with zero attached hydrogens (tertiary/aromatic N) is 2. The minimum atomic E-state index is -3.11. The highest BCUT2D eigenvalue weighted by Gasteiger charge is 2.20. The molecule has 2 heterocycles. The maximum absolute atomic E-state index is 11.5. The van der Waals surface area contributed by atoms with Crippen molar-refractivity contribution in [1.82, 2.24) is 9.78 Å². The van der Waals surface area contributed by atoms with Crippen molar-refractivity contribution in [1.29, 1.82) is 0 Å². The number of hydrogen-bond donors (Lipinski definition) is 1. The van der Waals surface area contributed by atoms with Crippen molar-refractivity contribution in [2.75, 3.05) is 11.5 Å². The van der Waals surface area contributed by atoms with E-state index in [1.54, 1.807) is 6.92 Å². The molecule has 0 aromatic carbocycles. The number of rotatable bonds is 6. The Morgan fingerprint density at radius 2 is 2.19 bits per heavy atom. The van der Waals surface area contributed by atoms with E-state index in [0.29, 0.717) is 5.69 Å². The van der Waals surface area contributed by atoms with Gasteiger partial charge in [-0.15, -0.1) is 11.3 Å². The molecule has 0 fully saturated rings. The van der Waals surface area contributed by atoms with E-state index >= 15 is 0 Å². The highest BCUT2D eigenvalue weighted by Crippen LogP contribution is 2.30. The third-order valence-electron chi connectivity index (χ3n) is 3.14. The number of carboxylic acids is 1. The molecule has 0 radical (unpaired) electrons. The summed E-state index contributed by atoms with van der Waals surface area (Å²) >= 11 is 1.42. The lowest BCUT2D eigenvalue weighted by molar-refractivity contribution is 0.0697. The third kappa shape index (κ3) is 3.51. The van der Waals surface area contributed by atoms with Crippen LogP contribution in [0.15, 0.2) is 17.6 Å². The molecule has 1 N–H and O–H groups in total. The summed E-state index contributed by atoms with van der Waals surface area (Å²) in [6.07, 6.45) is 1.39. The molecule has 8 heteroatoms. The summed E-state index contributed by atoms with van der Waals surface area (Å²) in [5, 5.41) is 15.4. The van der Waals surface area contributed by atoms with E-state index in [0.717, 1.165) is 10.4 Å². The molecule has 2 aromatic heterocycles. The molecule has 21 heavy (non-hydrogen) atoms. The Balaban J connectivity index is 2.35. The fraction of sp³-hybridized carbons (Fsp3) is 0.385. The second-order valence-electron chi connectivity index (χ2n) is 4.63. The Hall–Kier alpha value is -1.67. The van der Waals surface area contributed by atoms with Crippen LogP contribution in [0.2, 0.25) is 0 Å². The van der Waals surface area contributed by atoms with Gasteiger partial charge in [-0.1, -0.05) is 6.92 Å². The fourth-order valence-electron chi connectivity index (χ4n) is 1.85. The molecule has 0 aliphatic rings. The summed E-state index contributed by atoms with van der Waals surface area (Å²) in [5.74, 6) is -1.05. The van der Waals surface area contributed by atoms with Gasteiger partial charge < -0.3 is 5.11 Å². The van der Waals surface area contributed by atoms with Crippen LogP contribution in [0.4, 0.5) is 0 Å². The Morgan fingerprint density at radius 1 is 1.48 bits per heavy atom. The van der Waals surface area contributed by atoms with Crippen molar-refractivity contribution < 1.29 is 18.3 Å². The molecular formula is C13H16N2O4S2. The zero-order valence-electron chi connectivity index (χ0n) is 11.7. The highest BCUT2D eigenvalue weighted by molar-refractivity contribution is 7.91. The minimum absolute atomic E-state index is 0.0485. The first-order valence-corrected chi connectivity index (χ1v) is 9.10. The molecule has 0 saturated carbocycles. The Morgan fingerprint density at radius 3 is 2.71 bits per heavy atom. The Bertz CT molecular complexity index is 759. The van der Waals surface area contributed by atoms with Gasteiger partial charge in [0, 0.05) is 11.9 Å². The second kappa shape index (κ2) is 5.98. The van der Waals surface area contributed by atoms with Crippen LogP contribution in [0, 0.1) is 6.92 Å². The molecule has 2 rings (SSSR count). The van der Waals surface area contributed by atoms with E-state index in [2.05, 4.69) is 5.10 Å². The second-order valence-corrected chi connectivity index (χ2v) is 8.02. The van der Waals surface area contributed by atoms with Gasteiger partial charge in [0.05, 0.1) is 17.2 Å². The van der Waals surface area contributed by atoms with Gasteiger partial charge in [0.1, 0.15) is 11.3 Å². The van der Waals surface area contributed by atoms with Crippen LogP contribution >= 0.6 is 11.3 Å². The first kappa shape index (κ1) is 15.7. The standard InChI is InChI=1S/C13H16N2O4S2/c1-3-21(18,19)7-5-15-8-10(13(16)17)11(14-15)12-9(2)4-6-20-12/h4,6,8H,3,5,7H2,1-2H3,(H,16,17). The quantitative estimate of drug-likeness (QED) is 0.876. The van der Waals surface area contributed by atoms with Crippen LogP contribution in [0.5, 0.6) is 0 Å². The summed E-state index contributed by atoms with van der Waals surface area (Å²) < 4.78 is 24.4. The number of aromatic carboxylic acids is 1. The fourth-order valence-corrected chi connectivity index (χ4v) is 3.53. The van der Waals surface area contributed by atoms with E-state index < -0.39 is 15.8 Å². The van der Waals surface area contributed by atoms with Crippen LogP contribution in [-0.2, 0) is 16.4 Å². The van der Waals surface area contributed by atoms with Gasteiger partial charge in [0.15, 0.2) is 9.84 Å². The van der Waals surface area contributed by atoms with Gasteiger partial charge in [-0.25, -0.2) is 13.2 Å². The van der Waals surface area contributed by atoms with Gasteiger partial charge in [-0.2, -0.15) is 5.10 Å². The van der Waals surface area contributed by atoms with Crippen molar-refractivity contribution in [2.24, 2.45) is 0 Å². The molecule has 0 saturated heterocycles. The smallest absolute Gasteiger partial charge is 0.339 e. The first-order chi connectivity index (χ1) is 9.84. The number of thiophene rings is 1. The van der Waals surface area contributed by atoms with Crippen molar-refractivity contribution in [2.45, 2.75) is 20.4 Å². The van der Waals surface area contributed by atoms with Gasteiger partial charge >= 0.3 is 5.97 Å². The molecule has 0 atom stereocenters. The van der Waals surface area contributed by atoms with Crippen LogP contribution in [0.3, 0.4) is 0 Å². The molecule has 6 nitrogen and oxygen atoms in total. The highest BCUT2D eigenvalue weighted by atomic mass is 32.2. The summed E-state index contributed by atoms with van der Waals surface area (Å²) in [7, 11) is -3.11. The van der Waals surface area contributed by atoms with Crippen LogP contribution in [0.1, 0.15) is 22.8 Å². The molecule has 0 unspecified atom stereocenters. The maximum Gasteiger partial charge on any atom is 0.339 e. The summed E-state index contributed by atoms with van der Waals surface area (Å²) in [6.45, 7) is 3.63. The van der Waals surface area contributed by atoms with Crippen molar-refractivity contribution in [3.8, 4) is 10.6 Å². The molecule has 114 valence electrons. The molecule has 0 spiro atoms. The van der Waals surface area contributed by atoms with Gasteiger partial charge in [0.2, 0.25) is 0 Å². The molecule has 0 aliphatic heterocycles. The summed E-state index contributed by atoms with van der Waals surface area (Å²) in [6, 6.07) is 1.90. The molecule has 2 aromatic rings. The zero-order valence-corrected chi connectivity index (χ0v) is 13.4. The van der Waals surface area contributed by atoms with Crippen molar-refractivity contribution in [3.05, 3.63) is 28.8 Å². The maximum atomic E-state index is 11.5. The number of aromatic nitrogens is 2. The zero-order chi connectivity index (χ0) is 15.6. The lowest BCUT2D eigenvalue weighted by Gasteiger charge is -2.01. The lowest BCUT2D eigenvalue weighted by atomic mass is 10.2. The SMILES string of the molecule is CCS(=O)(=O)CCn1cc(C(=O)O)c(-c2sccc2C)n1. The number of sulfone groups is 1. The van der Waals surface area contributed by atoms with E-state index in [9.17, 15) is 18.3 Å². The molecular weight excluding hydrogens is 312 g/mol. The van der Waals surface area contributed by atoms with Crippen LogP contribution in [-0.4, -0.2) is 40.8 Å². The van der Waals surface area contributed by atoms with Gasteiger partial charge in [-0.05, 0) is 23.9 Å². The first-order valence-electron chi connectivity index (χ1n) is 6.39. The van der Waals surface area contributed by atoms with Crippen molar-refractivity contribution >= 4 is 27.1 Å². The Kier molecular flexibility index (Phi) is 4.48. The van der Waals surface area contributed by atoms with Crippen LogP contribution < -0.4 is 0 Å². The van der Waals surface area contributed by atoms with E-state index in [-0.39, 0.29) is 23.6 Å².